The Bertz CT molecular complexity index is 1010. The van der Waals surface area contributed by atoms with Gasteiger partial charge in [0.1, 0.15) is 0 Å². The van der Waals surface area contributed by atoms with Crippen LogP contribution in [-0.2, 0) is 16.6 Å². The molecule has 0 bridgehead atoms. The van der Waals surface area contributed by atoms with Crippen molar-refractivity contribution in [1.82, 2.24) is 14.6 Å². The Morgan fingerprint density at radius 2 is 1.81 bits per heavy atom. The summed E-state index contributed by atoms with van der Waals surface area (Å²) in [6.45, 7) is -0.572. The third-order valence-electron chi connectivity index (χ3n) is 4.73. The van der Waals surface area contributed by atoms with Crippen molar-refractivity contribution >= 4 is 15.9 Å². The maximum absolute atomic E-state index is 13.0. The molecule has 31 heavy (non-hydrogen) atoms. The number of benzene rings is 1. The number of hydrogen-bond acceptors (Lipinski definition) is 5. The lowest BCUT2D eigenvalue weighted by molar-refractivity contribution is -0.154. The Morgan fingerprint density at radius 3 is 2.45 bits per heavy atom. The fourth-order valence-corrected chi connectivity index (χ4v) is 4.92. The Balaban J connectivity index is 1.66. The van der Waals surface area contributed by atoms with E-state index in [1.165, 1.54) is 16.4 Å². The zero-order valence-electron chi connectivity index (χ0n) is 16.6. The summed E-state index contributed by atoms with van der Waals surface area (Å²) in [4.78, 5) is 16.2. The van der Waals surface area contributed by atoms with Crippen molar-refractivity contribution in [2.45, 2.75) is 36.9 Å². The molecule has 0 radical (unpaired) electrons. The van der Waals surface area contributed by atoms with Crippen molar-refractivity contribution < 1.29 is 31.1 Å². The van der Waals surface area contributed by atoms with Crippen molar-refractivity contribution in [2.24, 2.45) is 0 Å². The van der Waals surface area contributed by atoms with E-state index in [2.05, 4.69) is 15.0 Å². The van der Waals surface area contributed by atoms with Crippen LogP contribution in [0, 0.1) is 0 Å². The summed E-state index contributed by atoms with van der Waals surface area (Å²) in [6.07, 6.45) is -0.767. The fraction of sp³-hybridized carbons (Fsp3) is 0.400. The number of alkyl halides is 3. The molecular formula is C20H22F3N3O4S. The van der Waals surface area contributed by atoms with Gasteiger partial charge in [0, 0.05) is 31.9 Å². The highest BCUT2D eigenvalue weighted by Crippen LogP contribution is 2.23. The molecule has 1 saturated heterocycles. The van der Waals surface area contributed by atoms with Gasteiger partial charge in [-0.15, -0.1) is 0 Å². The van der Waals surface area contributed by atoms with E-state index in [-0.39, 0.29) is 22.9 Å². The molecule has 7 nitrogen and oxygen atoms in total. The average Bonchev–Trinajstić information content (AvgIpc) is 2.76. The molecule has 11 heteroatoms. The van der Waals surface area contributed by atoms with Gasteiger partial charge in [0.15, 0.2) is 6.61 Å². The number of ether oxygens (including phenoxy) is 1. The van der Waals surface area contributed by atoms with Crippen LogP contribution in [0.4, 0.5) is 13.2 Å². The second kappa shape index (κ2) is 9.65. The third-order valence-corrected chi connectivity index (χ3v) is 6.73. The average molecular weight is 457 g/mol. The molecule has 1 aliphatic heterocycles. The predicted molar refractivity (Wildman–Crippen MR) is 106 cm³/mol. The van der Waals surface area contributed by atoms with E-state index < -0.39 is 28.7 Å². The molecule has 0 unspecified atom stereocenters. The molecule has 0 saturated carbocycles. The summed E-state index contributed by atoms with van der Waals surface area (Å²) in [5, 5.41) is 2.62. The second-order valence-electron chi connectivity index (χ2n) is 7.04. The quantitative estimate of drug-likeness (QED) is 0.690. The lowest BCUT2D eigenvalue weighted by Crippen LogP contribution is -2.36. The molecule has 1 aromatic heterocycles. The molecular weight excluding hydrogens is 435 g/mol. The van der Waals surface area contributed by atoms with Crippen LogP contribution in [0.2, 0.25) is 0 Å². The second-order valence-corrected chi connectivity index (χ2v) is 8.95. The summed E-state index contributed by atoms with van der Waals surface area (Å²) < 4.78 is 68.5. The number of aromatic nitrogens is 1. The van der Waals surface area contributed by atoms with Gasteiger partial charge >= 0.3 is 6.18 Å². The normalized spacial score (nSPS) is 15.5. The summed E-state index contributed by atoms with van der Waals surface area (Å²) in [5.41, 5.74) is 0.551. The number of sulfonamides is 1. The van der Waals surface area contributed by atoms with Crippen LogP contribution in [0.5, 0.6) is 5.88 Å². The number of nitrogens with one attached hydrogen (secondary N) is 1. The molecule has 1 aliphatic rings. The number of halogens is 3. The van der Waals surface area contributed by atoms with Gasteiger partial charge in [-0.3, -0.25) is 4.79 Å². The molecule has 2 aromatic rings. The Kier molecular flexibility index (Phi) is 7.16. The van der Waals surface area contributed by atoms with E-state index in [1.807, 2.05) is 0 Å². The lowest BCUT2D eigenvalue weighted by atomic mass is 10.2. The molecule has 168 valence electrons. The van der Waals surface area contributed by atoms with Crippen molar-refractivity contribution in [2.75, 3.05) is 19.7 Å². The van der Waals surface area contributed by atoms with E-state index in [0.717, 1.165) is 31.5 Å². The molecule has 1 fully saturated rings. The first-order chi connectivity index (χ1) is 14.7. The number of piperidine rings is 1. The predicted octanol–water partition coefficient (Wildman–Crippen LogP) is 3.13. The smallest absolute Gasteiger partial charge is 0.422 e. The lowest BCUT2D eigenvalue weighted by Gasteiger charge is -2.26. The van der Waals surface area contributed by atoms with Gasteiger partial charge < -0.3 is 10.1 Å². The minimum atomic E-state index is -4.49. The first kappa shape index (κ1) is 23.0. The highest BCUT2D eigenvalue weighted by molar-refractivity contribution is 7.89. The van der Waals surface area contributed by atoms with Gasteiger partial charge in [-0.2, -0.15) is 17.5 Å². The summed E-state index contributed by atoms with van der Waals surface area (Å²) >= 11 is 0. The highest BCUT2D eigenvalue weighted by atomic mass is 32.2. The standard InChI is InChI=1S/C20H22F3N3O4S/c21-20(22,23)14-30-18-9-8-16(13-24-18)19(27)25-12-15-6-2-3-7-17(15)31(28,29)26-10-4-1-5-11-26/h2-3,6-9,13H,1,4-5,10-12,14H2,(H,25,27). The van der Waals surface area contributed by atoms with Crippen LogP contribution < -0.4 is 10.1 Å². The van der Waals surface area contributed by atoms with Crippen molar-refractivity contribution in [3.8, 4) is 5.88 Å². The van der Waals surface area contributed by atoms with E-state index in [0.29, 0.717) is 18.7 Å². The number of carbonyl (C=O) groups excluding carboxylic acids is 1. The Hall–Kier alpha value is -2.66. The monoisotopic (exact) mass is 457 g/mol. The van der Waals surface area contributed by atoms with E-state index >= 15 is 0 Å². The number of hydrogen-bond donors (Lipinski definition) is 1. The van der Waals surface area contributed by atoms with Crippen LogP contribution in [0.25, 0.3) is 0 Å². The Morgan fingerprint density at radius 1 is 1.10 bits per heavy atom. The van der Waals surface area contributed by atoms with Gasteiger partial charge in [-0.25, -0.2) is 13.4 Å². The zero-order chi connectivity index (χ0) is 22.5. The SMILES string of the molecule is O=C(NCc1ccccc1S(=O)(=O)N1CCCCC1)c1ccc(OCC(F)(F)F)nc1. The van der Waals surface area contributed by atoms with Crippen LogP contribution in [-0.4, -0.2) is 49.5 Å². The van der Waals surface area contributed by atoms with E-state index in [1.54, 1.807) is 18.2 Å². The molecule has 1 N–H and O–H groups in total. The number of rotatable bonds is 7. The molecule has 0 spiro atoms. The fourth-order valence-electron chi connectivity index (χ4n) is 3.18. The van der Waals surface area contributed by atoms with Gasteiger partial charge in [-0.05, 0) is 30.5 Å². The van der Waals surface area contributed by atoms with Crippen molar-refractivity contribution in [3.05, 3.63) is 53.7 Å². The molecule has 3 rings (SSSR count). The van der Waals surface area contributed by atoms with E-state index in [4.69, 9.17) is 0 Å². The highest BCUT2D eigenvalue weighted by Gasteiger charge is 2.29. The van der Waals surface area contributed by atoms with Crippen LogP contribution >= 0.6 is 0 Å². The molecule has 2 heterocycles. The minimum Gasteiger partial charge on any atom is -0.468 e. The molecule has 1 aromatic carbocycles. The number of carbonyl (C=O) groups is 1. The van der Waals surface area contributed by atoms with Gasteiger partial charge in [-0.1, -0.05) is 24.6 Å². The van der Waals surface area contributed by atoms with E-state index in [9.17, 15) is 26.4 Å². The van der Waals surface area contributed by atoms with Crippen LogP contribution in [0.3, 0.4) is 0 Å². The molecule has 0 atom stereocenters. The maximum atomic E-state index is 13.0. The minimum absolute atomic E-state index is 0.0333. The zero-order valence-corrected chi connectivity index (χ0v) is 17.4. The largest absolute Gasteiger partial charge is 0.468 e. The van der Waals surface area contributed by atoms with Crippen LogP contribution in [0.1, 0.15) is 35.2 Å². The summed E-state index contributed by atoms with van der Waals surface area (Å²) in [6, 6.07) is 8.90. The summed E-state index contributed by atoms with van der Waals surface area (Å²) in [5.74, 6) is -0.799. The number of amides is 1. The van der Waals surface area contributed by atoms with Crippen LogP contribution in [0.15, 0.2) is 47.5 Å². The first-order valence-corrected chi connectivity index (χ1v) is 11.1. The number of pyridine rings is 1. The van der Waals surface area contributed by atoms with Crippen molar-refractivity contribution in [1.29, 1.82) is 0 Å². The first-order valence-electron chi connectivity index (χ1n) is 9.69. The summed E-state index contributed by atoms with van der Waals surface area (Å²) in [7, 11) is -3.67. The topological polar surface area (TPSA) is 88.6 Å². The maximum Gasteiger partial charge on any atom is 0.422 e. The van der Waals surface area contributed by atoms with Gasteiger partial charge in [0.25, 0.3) is 5.91 Å². The third kappa shape index (κ3) is 6.17. The van der Waals surface area contributed by atoms with Gasteiger partial charge in [0.2, 0.25) is 15.9 Å². The number of nitrogens with zero attached hydrogens (tertiary/aromatic N) is 2. The van der Waals surface area contributed by atoms with Crippen molar-refractivity contribution in [3.63, 3.8) is 0 Å². The van der Waals surface area contributed by atoms with Gasteiger partial charge in [0.05, 0.1) is 10.5 Å². The Labute approximate surface area is 178 Å². The molecule has 1 amide bonds. The molecule has 0 aliphatic carbocycles.